The van der Waals surface area contributed by atoms with E-state index in [2.05, 4.69) is 5.32 Å². The molecule has 1 aliphatic rings. The number of carbonyl (C=O) groups excluding carboxylic acids is 1. The van der Waals surface area contributed by atoms with Gasteiger partial charge in [0.25, 0.3) is 0 Å². The number of hydrogen-bond acceptors (Lipinski definition) is 3. The highest BCUT2D eigenvalue weighted by molar-refractivity contribution is 5.61. The summed E-state index contributed by atoms with van der Waals surface area (Å²) < 4.78 is 0. The van der Waals surface area contributed by atoms with Gasteiger partial charge in [-0.05, 0) is 19.4 Å². The van der Waals surface area contributed by atoms with Gasteiger partial charge in [0.05, 0.1) is 0 Å². The van der Waals surface area contributed by atoms with E-state index >= 15 is 0 Å². The smallest absolute Gasteiger partial charge is 0.172 e. The molecule has 0 aliphatic carbocycles. The van der Waals surface area contributed by atoms with Gasteiger partial charge >= 0.3 is 0 Å². The molecule has 0 aromatic carbocycles. The summed E-state index contributed by atoms with van der Waals surface area (Å²) in [7, 11) is 0. The average Bonchev–Trinajstić information content (AvgIpc) is 2.17. The number of rotatable bonds is 1. The van der Waals surface area contributed by atoms with Crippen LogP contribution in [0.2, 0.25) is 0 Å². The third-order valence-electron chi connectivity index (χ3n) is 1.36. The van der Waals surface area contributed by atoms with Crippen molar-refractivity contribution in [3.05, 3.63) is 0 Å². The Bertz CT molecular complexity index is 96.6. The third kappa shape index (κ3) is 0.877. The lowest BCUT2D eigenvalue weighted by atomic mass is 10.2. The van der Waals surface area contributed by atoms with Gasteiger partial charge in [0.15, 0.2) is 12.0 Å². The summed E-state index contributed by atoms with van der Waals surface area (Å²) in [6.45, 7) is 0.745. The molecule has 0 unspecified atom stereocenters. The van der Waals surface area contributed by atoms with Gasteiger partial charge in [0.2, 0.25) is 0 Å². The van der Waals surface area contributed by atoms with Crippen molar-refractivity contribution in [2.75, 3.05) is 6.54 Å². The van der Waals surface area contributed by atoms with Crippen LogP contribution in [0.5, 0.6) is 0 Å². The molecule has 46 valence electrons. The summed E-state index contributed by atoms with van der Waals surface area (Å²) in [5, 5.41) is 11.7. The second-order valence-electron chi connectivity index (χ2n) is 2.07. The molecular formula is C5H9NO2. The highest BCUT2D eigenvalue weighted by atomic mass is 16.3. The number of hydrogen-bond donors (Lipinski definition) is 2. The van der Waals surface area contributed by atoms with Crippen LogP contribution in [0.3, 0.4) is 0 Å². The van der Waals surface area contributed by atoms with E-state index in [9.17, 15) is 4.79 Å². The second-order valence-corrected chi connectivity index (χ2v) is 2.07. The Hall–Kier alpha value is -0.410. The van der Waals surface area contributed by atoms with Crippen LogP contribution >= 0.6 is 0 Å². The second kappa shape index (κ2) is 1.84. The van der Waals surface area contributed by atoms with Crippen molar-refractivity contribution < 1.29 is 9.90 Å². The molecule has 1 atom stereocenters. The van der Waals surface area contributed by atoms with Crippen LogP contribution in [0.25, 0.3) is 0 Å². The fourth-order valence-electron chi connectivity index (χ4n) is 0.852. The first-order valence-electron chi connectivity index (χ1n) is 2.71. The molecule has 1 rings (SSSR count). The van der Waals surface area contributed by atoms with Gasteiger partial charge < -0.3 is 5.11 Å². The fourth-order valence-corrected chi connectivity index (χ4v) is 0.852. The number of aliphatic hydroxyl groups is 1. The van der Waals surface area contributed by atoms with Gasteiger partial charge in [0, 0.05) is 0 Å². The average molecular weight is 115 g/mol. The van der Waals surface area contributed by atoms with Crippen LogP contribution in [0, 0.1) is 0 Å². The van der Waals surface area contributed by atoms with Crippen LogP contribution in [0.15, 0.2) is 0 Å². The van der Waals surface area contributed by atoms with Gasteiger partial charge in [-0.3, -0.25) is 10.1 Å². The maximum Gasteiger partial charge on any atom is 0.172 e. The Balaban J connectivity index is 2.52. The van der Waals surface area contributed by atoms with Crippen molar-refractivity contribution in [1.82, 2.24) is 5.32 Å². The minimum absolute atomic E-state index is 0.552. The topological polar surface area (TPSA) is 49.3 Å². The number of carbonyl (C=O) groups is 1. The van der Waals surface area contributed by atoms with Crippen molar-refractivity contribution in [2.24, 2.45) is 0 Å². The van der Waals surface area contributed by atoms with Crippen LogP contribution in [0.1, 0.15) is 12.8 Å². The number of aldehydes is 1. The minimum atomic E-state index is -1.19. The van der Waals surface area contributed by atoms with Crippen LogP contribution < -0.4 is 5.32 Å². The van der Waals surface area contributed by atoms with E-state index in [1.165, 1.54) is 0 Å². The van der Waals surface area contributed by atoms with E-state index in [-0.39, 0.29) is 0 Å². The molecule has 2 N–H and O–H groups in total. The maximum atomic E-state index is 10.0. The van der Waals surface area contributed by atoms with E-state index in [1.807, 2.05) is 0 Å². The van der Waals surface area contributed by atoms with Crippen molar-refractivity contribution in [1.29, 1.82) is 0 Å². The summed E-state index contributed by atoms with van der Waals surface area (Å²) in [6.07, 6.45) is 1.99. The molecule has 0 aromatic heterocycles. The predicted molar refractivity (Wildman–Crippen MR) is 28.3 cm³/mol. The molecule has 1 saturated heterocycles. The SMILES string of the molecule is O=C[C@@]1(O)CCCN1. The molecule has 8 heavy (non-hydrogen) atoms. The molecule has 0 saturated carbocycles. The van der Waals surface area contributed by atoms with Crippen molar-refractivity contribution in [3.63, 3.8) is 0 Å². The molecule has 0 radical (unpaired) electrons. The standard InChI is InChI=1S/C5H9NO2/c7-4-5(8)2-1-3-6-5/h4,6,8H,1-3H2/t5-/m0/s1. The highest BCUT2D eigenvalue weighted by Crippen LogP contribution is 2.11. The largest absolute Gasteiger partial charge is 0.369 e. The van der Waals surface area contributed by atoms with Crippen molar-refractivity contribution in [3.8, 4) is 0 Å². The Labute approximate surface area is 47.7 Å². The zero-order valence-corrected chi connectivity index (χ0v) is 4.55. The molecule has 1 fully saturated rings. The first-order chi connectivity index (χ1) is 3.77. The lowest BCUT2D eigenvalue weighted by molar-refractivity contribution is -0.125. The number of nitrogens with one attached hydrogen (secondary N) is 1. The molecule has 1 heterocycles. The van der Waals surface area contributed by atoms with E-state index < -0.39 is 5.72 Å². The molecular weight excluding hydrogens is 106 g/mol. The van der Waals surface area contributed by atoms with Crippen LogP contribution in [-0.2, 0) is 4.79 Å². The summed E-state index contributed by atoms with van der Waals surface area (Å²) >= 11 is 0. The summed E-state index contributed by atoms with van der Waals surface area (Å²) in [5.74, 6) is 0. The predicted octanol–water partition coefficient (Wildman–Crippen LogP) is -0.743. The molecule has 1 aliphatic heterocycles. The van der Waals surface area contributed by atoms with Gasteiger partial charge in [-0.25, -0.2) is 0 Å². The quantitative estimate of drug-likeness (QED) is 0.442. The lowest BCUT2D eigenvalue weighted by Crippen LogP contribution is -2.40. The van der Waals surface area contributed by atoms with E-state index in [0.29, 0.717) is 12.7 Å². The van der Waals surface area contributed by atoms with E-state index in [4.69, 9.17) is 5.11 Å². The first-order valence-corrected chi connectivity index (χ1v) is 2.71. The Morgan fingerprint density at radius 1 is 1.75 bits per heavy atom. The Morgan fingerprint density at radius 3 is 2.75 bits per heavy atom. The molecule has 0 bridgehead atoms. The Morgan fingerprint density at radius 2 is 2.50 bits per heavy atom. The summed E-state index contributed by atoms with van der Waals surface area (Å²) in [5.41, 5.74) is -1.19. The fraction of sp³-hybridized carbons (Fsp3) is 0.800. The van der Waals surface area contributed by atoms with Gasteiger partial charge in [-0.15, -0.1) is 0 Å². The minimum Gasteiger partial charge on any atom is -0.369 e. The summed E-state index contributed by atoms with van der Waals surface area (Å²) in [6, 6.07) is 0. The molecule has 3 nitrogen and oxygen atoms in total. The van der Waals surface area contributed by atoms with Crippen molar-refractivity contribution in [2.45, 2.75) is 18.6 Å². The van der Waals surface area contributed by atoms with Gasteiger partial charge in [-0.1, -0.05) is 0 Å². The van der Waals surface area contributed by atoms with Gasteiger partial charge in [0.1, 0.15) is 0 Å². The van der Waals surface area contributed by atoms with E-state index in [1.54, 1.807) is 0 Å². The molecule has 0 spiro atoms. The van der Waals surface area contributed by atoms with Gasteiger partial charge in [-0.2, -0.15) is 0 Å². The Kier molecular flexibility index (Phi) is 1.31. The third-order valence-corrected chi connectivity index (χ3v) is 1.36. The molecule has 0 amide bonds. The normalized spacial score (nSPS) is 37.6. The monoisotopic (exact) mass is 115 g/mol. The zero-order chi connectivity index (χ0) is 6.04. The lowest BCUT2D eigenvalue weighted by Gasteiger charge is -2.12. The zero-order valence-electron chi connectivity index (χ0n) is 4.55. The van der Waals surface area contributed by atoms with Crippen LogP contribution in [-0.4, -0.2) is 23.7 Å². The molecule has 3 heteroatoms. The van der Waals surface area contributed by atoms with Crippen molar-refractivity contribution >= 4 is 6.29 Å². The first kappa shape index (κ1) is 5.72. The maximum absolute atomic E-state index is 10.0. The highest BCUT2D eigenvalue weighted by Gasteiger charge is 2.29. The summed E-state index contributed by atoms with van der Waals surface area (Å²) in [4.78, 5) is 10.0. The van der Waals surface area contributed by atoms with Crippen LogP contribution in [0.4, 0.5) is 0 Å². The molecule has 0 aromatic rings. The van der Waals surface area contributed by atoms with E-state index in [0.717, 1.165) is 13.0 Å².